The highest BCUT2D eigenvalue weighted by molar-refractivity contribution is 5.94. The summed E-state index contributed by atoms with van der Waals surface area (Å²) >= 11 is 0. The summed E-state index contributed by atoms with van der Waals surface area (Å²) in [6.45, 7) is 4.38. The van der Waals surface area contributed by atoms with Crippen LogP contribution in [0, 0.1) is 12.7 Å². The monoisotopic (exact) mass is 380 g/mol. The van der Waals surface area contributed by atoms with Gasteiger partial charge < -0.3 is 4.90 Å². The van der Waals surface area contributed by atoms with Crippen molar-refractivity contribution in [1.29, 1.82) is 0 Å². The lowest BCUT2D eigenvalue weighted by atomic mass is 10.1. The molecule has 0 aliphatic carbocycles. The third-order valence-electron chi connectivity index (χ3n) is 4.77. The molecule has 144 valence electrons. The molecule has 1 saturated heterocycles. The zero-order valence-electron chi connectivity index (χ0n) is 14.9. The first-order valence-corrected chi connectivity index (χ1v) is 8.68. The van der Waals surface area contributed by atoms with Crippen LogP contribution < -0.4 is 0 Å². The van der Waals surface area contributed by atoms with E-state index in [1.165, 1.54) is 18.2 Å². The Kier molecular flexibility index (Phi) is 5.51. The third kappa shape index (κ3) is 4.66. The van der Waals surface area contributed by atoms with Crippen LogP contribution in [0.4, 0.5) is 17.6 Å². The van der Waals surface area contributed by atoms with Crippen LogP contribution in [0.25, 0.3) is 0 Å². The van der Waals surface area contributed by atoms with Crippen LogP contribution in [0.5, 0.6) is 0 Å². The van der Waals surface area contributed by atoms with E-state index in [4.69, 9.17) is 0 Å². The van der Waals surface area contributed by atoms with Gasteiger partial charge in [-0.2, -0.15) is 13.2 Å². The topological polar surface area (TPSA) is 23.6 Å². The lowest BCUT2D eigenvalue weighted by molar-refractivity contribution is -0.137. The summed E-state index contributed by atoms with van der Waals surface area (Å²) in [7, 11) is 0. The van der Waals surface area contributed by atoms with Crippen LogP contribution in [0.3, 0.4) is 0 Å². The Balaban J connectivity index is 1.55. The predicted octanol–water partition coefficient (Wildman–Crippen LogP) is 4.11. The number of alkyl halides is 3. The van der Waals surface area contributed by atoms with E-state index < -0.39 is 17.6 Å². The minimum Gasteiger partial charge on any atom is -0.336 e. The molecule has 3 rings (SSSR count). The van der Waals surface area contributed by atoms with E-state index >= 15 is 0 Å². The normalized spacial score (nSPS) is 15.8. The molecular formula is C20H20F4N2O. The van der Waals surface area contributed by atoms with Crippen molar-refractivity contribution >= 4 is 5.91 Å². The molecule has 1 aliphatic rings. The molecule has 1 amide bonds. The number of amides is 1. The number of carbonyl (C=O) groups excluding carboxylic acids is 1. The average Bonchev–Trinajstić information content (AvgIpc) is 2.64. The van der Waals surface area contributed by atoms with E-state index in [1.54, 1.807) is 24.0 Å². The van der Waals surface area contributed by atoms with Gasteiger partial charge in [-0.15, -0.1) is 0 Å². The molecule has 3 nitrogen and oxygen atoms in total. The molecule has 27 heavy (non-hydrogen) atoms. The van der Waals surface area contributed by atoms with Gasteiger partial charge in [0.15, 0.2) is 0 Å². The number of halogens is 4. The molecule has 0 unspecified atom stereocenters. The molecule has 0 atom stereocenters. The van der Waals surface area contributed by atoms with Crippen molar-refractivity contribution in [2.75, 3.05) is 26.2 Å². The molecule has 0 N–H and O–H groups in total. The fourth-order valence-electron chi connectivity index (χ4n) is 3.07. The molecule has 7 heteroatoms. The van der Waals surface area contributed by atoms with Gasteiger partial charge in [0.1, 0.15) is 5.82 Å². The molecule has 2 aromatic carbocycles. The molecule has 1 heterocycles. The van der Waals surface area contributed by atoms with Crippen molar-refractivity contribution in [2.45, 2.75) is 19.6 Å². The van der Waals surface area contributed by atoms with E-state index in [9.17, 15) is 22.4 Å². The standard InChI is InChI=1S/C20H20F4N2O/c1-14-2-5-16(12-18(14)21)19(27)26-10-8-25(9-11-26)13-15-3-6-17(7-4-15)20(22,23)24/h2-7,12H,8-11,13H2,1H3. The molecule has 0 saturated carbocycles. The lowest BCUT2D eigenvalue weighted by Crippen LogP contribution is -2.48. The van der Waals surface area contributed by atoms with Crippen molar-refractivity contribution < 1.29 is 22.4 Å². The molecule has 0 aromatic heterocycles. The van der Waals surface area contributed by atoms with Crippen molar-refractivity contribution in [2.24, 2.45) is 0 Å². The van der Waals surface area contributed by atoms with Crippen LogP contribution in [0.15, 0.2) is 42.5 Å². The second kappa shape index (κ2) is 7.68. The van der Waals surface area contributed by atoms with Crippen molar-refractivity contribution in [3.63, 3.8) is 0 Å². The quantitative estimate of drug-likeness (QED) is 0.749. The van der Waals surface area contributed by atoms with Gasteiger partial charge in [-0.3, -0.25) is 9.69 Å². The number of piperazine rings is 1. The largest absolute Gasteiger partial charge is 0.416 e. The van der Waals surface area contributed by atoms with Gasteiger partial charge in [-0.1, -0.05) is 18.2 Å². The molecule has 1 aliphatic heterocycles. The van der Waals surface area contributed by atoms with Gasteiger partial charge in [0.05, 0.1) is 5.56 Å². The van der Waals surface area contributed by atoms with Crippen LogP contribution >= 0.6 is 0 Å². The second-order valence-electron chi connectivity index (χ2n) is 6.73. The minimum absolute atomic E-state index is 0.205. The van der Waals surface area contributed by atoms with Crippen molar-refractivity contribution in [3.8, 4) is 0 Å². The van der Waals surface area contributed by atoms with Crippen LogP contribution in [-0.4, -0.2) is 41.9 Å². The smallest absolute Gasteiger partial charge is 0.336 e. The maximum Gasteiger partial charge on any atom is 0.416 e. The summed E-state index contributed by atoms with van der Waals surface area (Å²) in [5.74, 6) is -0.607. The van der Waals surface area contributed by atoms with E-state index in [2.05, 4.69) is 4.90 Å². The zero-order chi connectivity index (χ0) is 19.6. The number of carbonyl (C=O) groups is 1. The fraction of sp³-hybridized carbons (Fsp3) is 0.350. The number of benzene rings is 2. The van der Waals surface area contributed by atoms with Crippen LogP contribution in [0.2, 0.25) is 0 Å². The Morgan fingerprint density at radius 1 is 1.00 bits per heavy atom. The summed E-state index contributed by atoms with van der Waals surface area (Å²) in [6.07, 6.45) is -4.33. The first-order chi connectivity index (χ1) is 12.7. The number of aryl methyl sites for hydroxylation is 1. The molecular weight excluding hydrogens is 360 g/mol. The zero-order valence-corrected chi connectivity index (χ0v) is 14.9. The first-order valence-electron chi connectivity index (χ1n) is 8.68. The summed E-state index contributed by atoms with van der Waals surface area (Å²) < 4.78 is 51.5. The van der Waals surface area contributed by atoms with Gasteiger partial charge in [-0.05, 0) is 42.3 Å². The Labute approximate surface area is 155 Å². The molecule has 1 fully saturated rings. The first kappa shape index (κ1) is 19.4. The summed E-state index contributed by atoms with van der Waals surface area (Å²) in [6, 6.07) is 9.60. The molecule has 2 aromatic rings. The Morgan fingerprint density at radius 2 is 1.63 bits per heavy atom. The van der Waals surface area contributed by atoms with E-state index in [1.807, 2.05) is 0 Å². The van der Waals surface area contributed by atoms with E-state index in [-0.39, 0.29) is 5.91 Å². The Hall–Kier alpha value is -2.41. The Morgan fingerprint density at radius 3 is 2.19 bits per heavy atom. The highest BCUT2D eigenvalue weighted by Crippen LogP contribution is 2.29. The number of nitrogens with zero attached hydrogens (tertiary/aromatic N) is 2. The van der Waals surface area contributed by atoms with Crippen LogP contribution in [0.1, 0.15) is 27.0 Å². The SMILES string of the molecule is Cc1ccc(C(=O)N2CCN(Cc3ccc(C(F)(F)F)cc3)CC2)cc1F. The highest BCUT2D eigenvalue weighted by atomic mass is 19.4. The maximum atomic E-state index is 13.7. The fourth-order valence-corrected chi connectivity index (χ4v) is 3.07. The van der Waals surface area contributed by atoms with Gasteiger partial charge in [0.25, 0.3) is 5.91 Å². The molecule has 0 bridgehead atoms. The highest BCUT2D eigenvalue weighted by Gasteiger charge is 2.30. The second-order valence-corrected chi connectivity index (χ2v) is 6.73. The van der Waals surface area contributed by atoms with E-state index in [0.29, 0.717) is 43.9 Å². The molecule has 0 spiro atoms. The van der Waals surface area contributed by atoms with Crippen LogP contribution in [-0.2, 0) is 12.7 Å². The summed E-state index contributed by atoms with van der Waals surface area (Å²) in [5, 5.41) is 0. The average molecular weight is 380 g/mol. The summed E-state index contributed by atoms with van der Waals surface area (Å²) in [5.41, 5.74) is 0.956. The predicted molar refractivity (Wildman–Crippen MR) is 93.8 cm³/mol. The summed E-state index contributed by atoms with van der Waals surface area (Å²) in [4.78, 5) is 16.3. The third-order valence-corrected chi connectivity index (χ3v) is 4.77. The number of hydrogen-bond acceptors (Lipinski definition) is 2. The minimum atomic E-state index is -4.33. The lowest BCUT2D eigenvalue weighted by Gasteiger charge is -2.34. The maximum absolute atomic E-state index is 13.7. The number of rotatable bonds is 3. The number of hydrogen-bond donors (Lipinski definition) is 0. The van der Waals surface area contributed by atoms with Gasteiger partial charge in [0, 0.05) is 38.3 Å². The Bertz CT molecular complexity index is 810. The van der Waals surface area contributed by atoms with Gasteiger partial charge >= 0.3 is 6.18 Å². The molecule has 0 radical (unpaired) electrons. The van der Waals surface area contributed by atoms with Gasteiger partial charge in [0.2, 0.25) is 0 Å². The van der Waals surface area contributed by atoms with Crippen molar-refractivity contribution in [3.05, 3.63) is 70.5 Å². The van der Waals surface area contributed by atoms with E-state index in [0.717, 1.165) is 17.7 Å². The van der Waals surface area contributed by atoms with Gasteiger partial charge in [-0.25, -0.2) is 4.39 Å². The van der Waals surface area contributed by atoms with Crippen molar-refractivity contribution in [1.82, 2.24) is 9.80 Å².